The van der Waals surface area contributed by atoms with E-state index in [4.69, 9.17) is 0 Å². The van der Waals surface area contributed by atoms with Crippen molar-refractivity contribution >= 4 is 11.8 Å². The molecule has 0 spiro atoms. The Morgan fingerprint density at radius 1 is 0.741 bits per heavy atom. The molecular weight excluding hydrogens is 336 g/mol. The minimum atomic E-state index is -0.0121. The SMILES string of the molecule is Cc1cc(C)cc(C(=O)N2CCN(C(=O)c3cc(C)cc(C)c3)C(C)C2)c1. The molecule has 0 bridgehead atoms. The highest BCUT2D eigenvalue weighted by atomic mass is 16.2. The van der Waals surface area contributed by atoms with Crippen LogP contribution in [0.15, 0.2) is 36.4 Å². The summed E-state index contributed by atoms with van der Waals surface area (Å²) in [6.45, 7) is 11.7. The molecule has 1 fully saturated rings. The Kier molecular flexibility index (Phi) is 5.36. The lowest BCUT2D eigenvalue weighted by Gasteiger charge is -2.40. The first-order valence-corrected chi connectivity index (χ1v) is 9.51. The van der Waals surface area contributed by atoms with Crippen LogP contribution >= 0.6 is 0 Å². The maximum absolute atomic E-state index is 13.0. The van der Waals surface area contributed by atoms with Gasteiger partial charge in [0.15, 0.2) is 0 Å². The molecule has 1 aliphatic heterocycles. The molecule has 0 aromatic heterocycles. The predicted octanol–water partition coefficient (Wildman–Crippen LogP) is 3.91. The zero-order valence-corrected chi connectivity index (χ0v) is 16.9. The van der Waals surface area contributed by atoms with Crippen LogP contribution in [0.2, 0.25) is 0 Å². The molecule has 1 atom stereocenters. The van der Waals surface area contributed by atoms with E-state index in [2.05, 4.69) is 12.1 Å². The zero-order valence-electron chi connectivity index (χ0n) is 16.9. The van der Waals surface area contributed by atoms with Crippen LogP contribution in [0.5, 0.6) is 0 Å². The third kappa shape index (κ3) is 4.21. The second-order valence-corrected chi connectivity index (χ2v) is 7.85. The number of nitrogens with zero attached hydrogens (tertiary/aromatic N) is 2. The van der Waals surface area contributed by atoms with Gasteiger partial charge < -0.3 is 9.80 Å². The molecule has 0 N–H and O–H groups in total. The number of carbonyl (C=O) groups excluding carboxylic acids is 2. The smallest absolute Gasteiger partial charge is 0.254 e. The first kappa shape index (κ1) is 19.2. The van der Waals surface area contributed by atoms with Gasteiger partial charge >= 0.3 is 0 Å². The Morgan fingerprint density at radius 3 is 1.63 bits per heavy atom. The number of hydrogen-bond donors (Lipinski definition) is 0. The van der Waals surface area contributed by atoms with Crippen LogP contribution in [0, 0.1) is 27.7 Å². The third-order valence-electron chi connectivity index (χ3n) is 5.11. The maximum atomic E-state index is 13.0. The topological polar surface area (TPSA) is 40.6 Å². The molecule has 4 heteroatoms. The summed E-state index contributed by atoms with van der Waals surface area (Å²) in [5.41, 5.74) is 5.83. The van der Waals surface area contributed by atoms with Gasteiger partial charge in [-0.15, -0.1) is 0 Å². The fourth-order valence-electron chi connectivity index (χ4n) is 3.99. The van der Waals surface area contributed by atoms with Crippen molar-refractivity contribution in [1.82, 2.24) is 9.80 Å². The van der Waals surface area contributed by atoms with E-state index in [0.717, 1.165) is 33.4 Å². The number of hydrogen-bond acceptors (Lipinski definition) is 2. The summed E-state index contributed by atoms with van der Waals surface area (Å²) >= 11 is 0. The highest BCUT2D eigenvalue weighted by Crippen LogP contribution is 2.19. The second-order valence-electron chi connectivity index (χ2n) is 7.85. The van der Waals surface area contributed by atoms with E-state index < -0.39 is 0 Å². The number of amides is 2. The molecule has 2 aromatic rings. The van der Waals surface area contributed by atoms with E-state index in [1.165, 1.54) is 0 Å². The van der Waals surface area contributed by atoms with Gasteiger partial charge in [-0.3, -0.25) is 9.59 Å². The molecule has 1 heterocycles. The van der Waals surface area contributed by atoms with Gasteiger partial charge in [0.25, 0.3) is 11.8 Å². The van der Waals surface area contributed by atoms with Gasteiger partial charge in [-0.25, -0.2) is 0 Å². The van der Waals surface area contributed by atoms with Gasteiger partial charge in [0.05, 0.1) is 0 Å². The Morgan fingerprint density at radius 2 is 1.19 bits per heavy atom. The van der Waals surface area contributed by atoms with E-state index in [0.29, 0.717) is 19.6 Å². The number of rotatable bonds is 2. The molecule has 2 aromatic carbocycles. The zero-order chi connectivity index (χ0) is 19.7. The van der Waals surface area contributed by atoms with Gasteiger partial charge in [0, 0.05) is 36.8 Å². The molecule has 1 unspecified atom stereocenters. The number of aryl methyl sites for hydroxylation is 4. The van der Waals surface area contributed by atoms with Crippen LogP contribution in [0.4, 0.5) is 0 Å². The molecule has 4 nitrogen and oxygen atoms in total. The van der Waals surface area contributed by atoms with Crippen molar-refractivity contribution in [2.24, 2.45) is 0 Å². The van der Waals surface area contributed by atoms with Crippen LogP contribution < -0.4 is 0 Å². The predicted molar refractivity (Wildman–Crippen MR) is 108 cm³/mol. The Hall–Kier alpha value is -2.62. The highest BCUT2D eigenvalue weighted by molar-refractivity contribution is 5.96. The van der Waals surface area contributed by atoms with Crippen LogP contribution in [0.25, 0.3) is 0 Å². The third-order valence-corrected chi connectivity index (χ3v) is 5.11. The molecule has 0 saturated carbocycles. The van der Waals surface area contributed by atoms with Crippen molar-refractivity contribution in [3.05, 3.63) is 69.8 Å². The van der Waals surface area contributed by atoms with Crippen LogP contribution in [0.3, 0.4) is 0 Å². The fourth-order valence-corrected chi connectivity index (χ4v) is 3.99. The van der Waals surface area contributed by atoms with Crippen molar-refractivity contribution in [1.29, 1.82) is 0 Å². The first-order valence-electron chi connectivity index (χ1n) is 9.51. The number of benzene rings is 2. The van der Waals surface area contributed by atoms with Gasteiger partial charge in [-0.1, -0.05) is 34.4 Å². The maximum Gasteiger partial charge on any atom is 0.254 e. The van der Waals surface area contributed by atoms with Crippen molar-refractivity contribution in [3.63, 3.8) is 0 Å². The lowest BCUT2D eigenvalue weighted by atomic mass is 10.0. The molecule has 1 aliphatic rings. The van der Waals surface area contributed by atoms with Crippen molar-refractivity contribution in [2.45, 2.75) is 40.7 Å². The van der Waals surface area contributed by atoms with E-state index in [1.807, 2.05) is 68.7 Å². The molecule has 27 heavy (non-hydrogen) atoms. The monoisotopic (exact) mass is 364 g/mol. The number of piperazine rings is 1. The summed E-state index contributed by atoms with van der Waals surface area (Å²) in [4.78, 5) is 29.6. The van der Waals surface area contributed by atoms with Gasteiger partial charge in [0.1, 0.15) is 0 Å². The van der Waals surface area contributed by atoms with E-state index >= 15 is 0 Å². The minimum absolute atomic E-state index is 0.0121. The number of carbonyl (C=O) groups is 2. The Balaban J connectivity index is 1.73. The van der Waals surface area contributed by atoms with E-state index in [9.17, 15) is 9.59 Å². The largest absolute Gasteiger partial charge is 0.335 e. The molecule has 1 saturated heterocycles. The van der Waals surface area contributed by atoms with Crippen LogP contribution in [-0.4, -0.2) is 47.3 Å². The first-order chi connectivity index (χ1) is 12.7. The molecule has 142 valence electrons. The average Bonchev–Trinajstić information content (AvgIpc) is 2.58. The normalized spacial score (nSPS) is 17.1. The summed E-state index contributed by atoms with van der Waals surface area (Å²) in [5.74, 6) is 0.0972. The van der Waals surface area contributed by atoms with E-state index in [1.54, 1.807) is 0 Å². The molecule has 0 aliphatic carbocycles. The highest BCUT2D eigenvalue weighted by Gasteiger charge is 2.30. The summed E-state index contributed by atoms with van der Waals surface area (Å²) < 4.78 is 0. The van der Waals surface area contributed by atoms with Gasteiger partial charge in [-0.2, -0.15) is 0 Å². The Bertz CT molecular complexity index is 847. The lowest BCUT2D eigenvalue weighted by Crippen LogP contribution is -2.55. The summed E-state index contributed by atoms with van der Waals surface area (Å²) in [7, 11) is 0. The van der Waals surface area contributed by atoms with Gasteiger partial charge in [0.2, 0.25) is 0 Å². The van der Waals surface area contributed by atoms with Crippen LogP contribution in [-0.2, 0) is 0 Å². The Labute approximate surface area is 161 Å². The second kappa shape index (κ2) is 7.55. The summed E-state index contributed by atoms with van der Waals surface area (Å²) in [5, 5.41) is 0. The minimum Gasteiger partial charge on any atom is -0.335 e. The van der Waals surface area contributed by atoms with E-state index in [-0.39, 0.29) is 17.9 Å². The van der Waals surface area contributed by atoms with Crippen LogP contribution in [0.1, 0.15) is 49.9 Å². The fraction of sp³-hybridized carbons (Fsp3) is 0.391. The lowest BCUT2D eigenvalue weighted by molar-refractivity contribution is 0.0414. The summed E-state index contributed by atoms with van der Waals surface area (Å²) in [6, 6.07) is 11.9. The molecule has 2 amide bonds. The van der Waals surface area contributed by atoms with Gasteiger partial charge in [-0.05, 0) is 58.9 Å². The molecule has 3 rings (SSSR count). The van der Waals surface area contributed by atoms with Crippen molar-refractivity contribution in [3.8, 4) is 0 Å². The summed E-state index contributed by atoms with van der Waals surface area (Å²) in [6.07, 6.45) is 0. The van der Waals surface area contributed by atoms with Crippen molar-refractivity contribution in [2.75, 3.05) is 19.6 Å². The molecular formula is C23H28N2O2. The quantitative estimate of drug-likeness (QED) is 0.811. The molecule has 0 radical (unpaired) electrons. The average molecular weight is 364 g/mol. The van der Waals surface area contributed by atoms with Crippen molar-refractivity contribution < 1.29 is 9.59 Å². The standard InChI is InChI=1S/C23H28N2O2/c1-15-8-16(2)11-20(10-15)22(26)24-6-7-25(19(5)14-24)23(27)21-12-17(3)9-18(4)13-21/h8-13,19H,6-7,14H2,1-5H3.